The van der Waals surface area contributed by atoms with Crippen molar-refractivity contribution in [2.24, 2.45) is 4.99 Å². The Morgan fingerprint density at radius 2 is 2.50 bits per heavy atom. The van der Waals surface area contributed by atoms with Crippen molar-refractivity contribution in [2.45, 2.75) is 0 Å². The summed E-state index contributed by atoms with van der Waals surface area (Å²) in [6.07, 6.45) is 2.41. The fourth-order valence-corrected chi connectivity index (χ4v) is 0.796. The van der Waals surface area contributed by atoms with E-state index in [4.69, 9.17) is 5.21 Å². The van der Waals surface area contributed by atoms with Crippen LogP contribution in [-0.4, -0.2) is 29.6 Å². The van der Waals surface area contributed by atoms with E-state index in [1.165, 1.54) is 25.4 Å². The molecule has 0 atom stereocenters. The minimum absolute atomic E-state index is 0.350. The number of hydrogen-bond donors (Lipinski definition) is 2. The Kier molecular flexibility index (Phi) is 3.57. The molecule has 1 heterocycles. The number of nitrogens with zero attached hydrogens (tertiary/aromatic N) is 2. The molecular formula is C8H9N3O3. The second-order valence-electron chi connectivity index (χ2n) is 2.28. The van der Waals surface area contributed by atoms with Crippen molar-refractivity contribution < 1.29 is 14.7 Å². The van der Waals surface area contributed by atoms with Crippen LogP contribution in [0.15, 0.2) is 23.3 Å². The average molecular weight is 195 g/mol. The standard InChI is InChI=1S/C8H9N3O3/c1-14-8(12)6-2-3-7(9-4-6)10-5-11-13/h2-5,13H,1H3,(H,9,10,11). The molecule has 14 heavy (non-hydrogen) atoms. The summed E-state index contributed by atoms with van der Waals surface area (Å²) >= 11 is 0. The smallest absolute Gasteiger partial charge is 0.339 e. The van der Waals surface area contributed by atoms with Crippen LogP contribution in [0.25, 0.3) is 0 Å². The predicted octanol–water partition coefficient (Wildman–Crippen LogP) is 0.507. The Labute approximate surface area is 80.2 Å². The van der Waals surface area contributed by atoms with E-state index in [0.717, 1.165) is 6.34 Å². The molecule has 0 radical (unpaired) electrons. The van der Waals surface area contributed by atoms with E-state index < -0.39 is 5.97 Å². The molecule has 0 aliphatic rings. The summed E-state index contributed by atoms with van der Waals surface area (Å²) in [5.41, 5.74) is 2.09. The molecule has 0 aliphatic carbocycles. The van der Waals surface area contributed by atoms with Gasteiger partial charge < -0.3 is 4.74 Å². The number of aliphatic imine (C=N–C) groups is 1. The molecule has 0 aliphatic heterocycles. The van der Waals surface area contributed by atoms with Crippen molar-refractivity contribution >= 4 is 18.1 Å². The van der Waals surface area contributed by atoms with Crippen LogP contribution in [0.3, 0.4) is 0 Å². The number of methoxy groups -OCH3 is 1. The van der Waals surface area contributed by atoms with E-state index in [0.29, 0.717) is 11.4 Å². The van der Waals surface area contributed by atoms with E-state index in [-0.39, 0.29) is 0 Å². The summed E-state index contributed by atoms with van der Waals surface area (Å²) in [6.45, 7) is 0. The molecule has 0 bridgehead atoms. The molecular weight excluding hydrogens is 186 g/mol. The number of rotatable bonds is 3. The molecule has 2 N–H and O–H groups in total. The maximum Gasteiger partial charge on any atom is 0.339 e. The maximum atomic E-state index is 11.0. The van der Waals surface area contributed by atoms with E-state index >= 15 is 0 Å². The summed E-state index contributed by atoms with van der Waals surface area (Å²) in [7, 11) is 1.30. The lowest BCUT2D eigenvalue weighted by atomic mass is 10.3. The van der Waals surface area contributed by atoms with E-state index in [1.807, 2.05) is 0 Å². The fraction of sp³-hybridized carbons (Fsp3) is 0.125. The molecule has 74 valence electrons. The number of aromatic nitrogens is 1. The molecule has 0 fully saturated rings. The third-order valence-corrected chi connectivity index (χ3v) is 1.42. The molecule has 6 heteroatoms. The van der Waals surface area contributed by atoms with Gasteiger partial charge in [0.2, 0.25) is 0 Å². The van der Waals surface area contributed by atoms with Gasteiger partial charge >= 0.3 is 5.97 Å². The lowest BCUT2D eigenvalue weighted by Crippen LogP contribution is -2.02. The van der Waals surface area contributed by atoms with Gasteiger partial charge in [-0.05, 0) is 12.1 Å². The third kappa shape index (κ3) is 2.53. The van der Waals surface area contributed by atoms with Gasteiger partial charge in [-0.2, -0.15) is 0 Å². The van der Waals surface area contributed by atoms with E-state index in [2.05, 4.69) is 14.7 Å². The first-order chi connectivity index (χ1) is 6.77. The second-order valence-corrected chi connectivity index (χ2v) is 2.28. The number of ether oxygens (including phenoxy) is 1. The average Bonchev–Trinajstić information content (AvgIpc) is 2.26. The lowest BCUT2D eigenvalue weighted by molar-refractivity contribution is 0.0600. The van der Waals surface area contributed by atoms with E-state index in [1.54, 1.807) is 5.48 Å². The van der Waals surface area contributed by atoms with Crippen LogP contribution in [0.1, 0.15) is 10.4 Å². The van der Waals surface area contributed by atoms with Crippen LogP contribution in [0.5, 0.6) is 0 Å². The molecule has 0 aromatic carbocycles. The van der Waals surface area contributed by atoms with Crippen molar-refractivity contribution in [1.29, 1.82) is 0 Å². The molecule has 0 saturated carbocycles. The second kappa shape index (κ2) is 4.93. The highest BCUT2D eigenvalue weighted by Gasteiger charge is 2.04. The minimum Gasteiger partial charge on any atom is -0.465 e. The Hall–Kier alpha value is -1.95. The summed E-state index contributed by atoms with van der Waals surface area (Å²) in [6, 6.07) is 3.06. The summed E-state index contributed by atoms with van der Waals surface area (Å²) < 4.78 is 4.49. The highest BCUT2D eigenvalue weighted by molar-refractivity contribution is 5.89. The summed E-state index contributed by atoms with van der Waals surface area (Å²) in [5, 5.41) is 8.21. The molecule has 0 spiro atoms. The number of hydrogen-bond acceptors (Lipinski definition) is 5. The van der Waals surface area contributed by atoms with Gasteiger partial charge in [-0.15, -0.1) is 0 Å². The van der Waals surface area contributed by atoms with Crippen LogP contribution in [0.2, 0.25) is 0 Å². The largest absolute Gasteiger partial charge is 0.465 e. The lowest BCUT2D eigenvalue weighted by Gasteiger charge is -1.97. The molecule has 1 rings (SSSR count). The van der Waals surface area contributed by atoms with Crippen molar-refractivity contribution in [3.8, 4) is 0 Å². The van der Waals surface area contributed by atoms with Crippen molar-refractivity contribution in [3.63, 3.8) is 0 Å². The number of hydroxylamine groups is 1. The Bertz CT molecular complexity index is 334. The Morgan fingerprint density at radius 1 is 1.71 bits per heavy atom. The number of nitrogens with one attached hydrogen (secondary N) is 1. The molecule has 0 saturated heterocycles. The third-order valence-electron chi connectivity index (χ3n) is 1.42. The van der Waals surface area contributed by atoms with Gasteiger partial charge in [-0.1, -0.05) is 0 Å². The molecule has 0 amide bonds. The monoisotopic (exact) mass is 195 g/mol. The van der Waals surface area contributed by atoms with Crippen LogP contribution >= 0.6 is 0 Å². The van der Waals surface area contributed by atoms with Crippen molar-refractivity contribution in [2.75, 3.05) is 7.11 Å². The number of esters is 1. The molecule has 1 aromatic heterocycles. The van der Waals surface area contributed by atoms with Gasteiger partial charge in [-0.25, -0.2) is 14.8 Å². The van der Waals surface area contributed by atoms with Gasteiger partial charge in [0.15, 0.2) is 5.82 Å². The van der Waals surface area contributed by atoms with E-state index in [9.17, 15) is 4.79 Å². The first kappa shape index (κ1) is 10.1. The molecule has 0 unspecified atom stereocenters. The zero-order valence-corrected chi connectivity index (χ0v) is 7.47. The molecule has 1 aromatic rings. The first-order valence-corrected chi connectivity index (χ1v) is 3.74. The maximum absolute atomic E-state index is 11.0. The van der Waals surface area contributed by atoms with Gasteiger partial charge in [-0.3, -0.25) is 10.7 Å². The van der Waals surface area contributed by atoms with Gasteiger partial charge in [0.05, 0.1) is 12.7 Å². The minimum atomic E-state index is -0.451. The number of pyridine rings is 1. The van der Waals surface area contributed by atoms with Crippen molar-refractivity contribution in [1.82, 2.24) is 10.5 Å². The van der Waals surface area contributed by atoms with Crippen LogP contribution in [-0.2, 0) is 4.74 Å². The van der Waals surface area contributed by atoms with Crippen LogP contribution in [0, 0.1) is 0 Å². The fourth-order valence-electron chi connectivity index (χ4n) is 0.796. The first-order valence-electron chi connectivity index (χ1n) is 3.74. The quantitative estimate of drug-likeness (QED) is 0.317. The zero-order valence-electron chi connectivity index (χ0n) is 7.47. The normalized spacial score (nSPS) is 10.1. The van der Waals surface area contributed by atoms with Crippen LogP contribution < -0.4 is 5.48 Å². The Morgan fingerprint density at radius 3 is 3.00 bits per heavy atom. The van der Waals surface area contributed by atoms with Gasteiger partial charge in [0.25, 0.3) is 0 Å². The highest BCUT2D eigenvalue weighted by Crippen LogP contribution is 2.08. The summed E-state index contributed by atoms with van der Waals surface area (Å²) in [5.74, 6) is -0.0764. The molecule has 6 nitrogen and oxygen atoms in total. The summed E-state index contributed by atoms with van der Waals surface area (Å²) in [4.78, 5) is 18.5. The van der Waals surface area contributed by atoms with Gasteiger partial charge in [0, 0.05) is 6.20 Å². The SMILES string of the molecule is COC(=O)c1ccc(N=CNO)nc1. The topological polar surface area (TPSA) is 83.8 Å². The number of carbonyl (C=O) groups is 1. The highest BCUT2D eigenvalue weighted by atomic mass is 16.5. The predicted molar refractivity (Wildman–Crippen MR) is 48.7 cm³/mol. The van der Waals surface area contributed by atoms with Gasteiger partial charge in [0.1, 0.15) is 6.34 Å². The zero-order chi connectivity index (χ0) is 10.4. The van der Waals surface area contributed by atoms with Crippen molar-refractivity contribution in [3.05, 3.63) is 23.9 Å². The number of carbonyl (C=O) groups excluding carboxylic acids is 1. The van der Waals surface area contributed by atoms with Crippen LogP contribution in [0.4, 0.5) is 5.82 Å². The Balaban J connectivity index is 2.78.